The molecule has 1 nitrogen and oxygen atoms in total. The van der Waals surface area contributed by atoms with Gasteiger partial charge in [-0.05, 0) is 17.7 Å². The van der Waals surface area contributed by atoms with Gasteiger partial charge in [0.05, 0.1) is 5.02 Å². The van der Waals surface area contributed by atoms with Gasteiger partial charge in [0.15, 0.2) is 0 Å². The molecular weight excluding hydrogens is 231 g/mol. The van der Waals surface area contributed by atoms with Gasteiger partial charge in [0.1, 0.15) is 5.75 Å². The molecule has 0 radical (unpaired) electrons. The maximum atomic E-state index is 9.76. The predicted molar refractivity (Wildman–Crippen MR) is 63.6 cm³/mol. The minimum absolute atomic E-state index is 0.0960. The number of phenols is 1. The van der Waals surface area contributed by atoms with Crippen molar-refractivity contribution in [3.63, 3.8) is 0 Å². The van der Waals surface area contributed by atoms with Crippen molar-refractivity contribution in [3.05, 3.63) is 52.5 Å². The fraction of sp³-hybridized carbons (Fsp3) is 0. The van der Waals surface area contributed by atoms with E-state index in [9.17, 15) is 5.11 Å². The van der Waals surface area contributed by atoms with Crippen molar-refractivity contribution in [2.75, 3.05) is 0 Å². The van der Waals surface area contributed by atoms with Crippen LogP contribution in [0.1, 0.15) is 0 Å². The molecule has 0 aromatic heterocycles. The van der Waals surface area contributed by atoms with Crippen LogP contribution in [-0.4, -0.2) is 5.11 Å². The van der Waals surface area contributed by atoms with Gasteiger partial charge in [-0.1, -0.05) is 53.5 Å². The zero-order valence-corrected chi connectivity index (χ0v) is 9.26. The zero-order chi connectivity index (χ0) is 10.8. The molecule has 1 N–H and O–H groups in total. The maximum Gasteiger partial charge on any atom is 0.126 e. The standard InChI is InChI=1S/C12H8Cl2O/c13-9-6-10(14)12(11(15)7-9)8-4-2-1-3-5-8/h1-7,15H. The first-order chi connectivity index (χ1) is 7.18. The average Bonchev–Trinajstić information content (AvgIpc) is 2.17. The van der Waals surface area contributed by atoms with Gasteiger partial charge >= 0.3 is 0 Å². The normalized spacial score (nSPS) is 10.3. The van der Waals surface area contributed by atoms with E-state index in [4.69, 9.17) is 23.2 Å². The minimum atomic E-state index is 0.0960. The molecule has 3 heteroatoms. The van der Waals surface area contributed by atoms with Crippen LogP contribution in [0.15, 0.2) is 42.5 Å². The predicted octanol–water partition coefficient (Wildman–Crippen LogP) is 4.37. The fourth-order valence-electron chi connectivity index (χ4n) is 1.45. The Kier molecular flexibility index (Phi) is 2.85. The van der Waals surface area contributed by atoms with Crippen LogP contribution in [0.25, 0.3) is 11.1 Å². The number of rotatable bonds is 1. The summed E-state index contributed by atoms with van der Waals surface area (Å²) in [5, 5.41) is 10.6. The highest BCUT2D eigenvalue weighted by atomic mass is 35.5. The Balaban J connectivity index is 2.64. The van der Waals surface area contributed by atoms with Gasteiger partial charge in [0, 0.05) is 10.6 Å². The highest BCUT2D eigenvalue weighted by Gasteiger charge is 2.09. The molecule has 0 bridgehead atoms. The lowest BCUT2D eigenvalue weighted by molar-refractivity contribution is 0.477. The van der Waals surface area contributed by atoms with E-state index in [1.165, 1.54) is 6.07 Å². The molecule has 0 spiro atoms. The molecule has 0 aliphatic carbocycles. The Morgan fingerprint density at radius 2 is 1.60 bits per heavy atom. The Bertz CT molecular complexity index is 457. The molecular formula is C12H8Cl2O. The van der Waals surface area contributed by atoms with Crippen LogP contribution in [0.3, 0.4) is 0 Å². The topological polar surface area (TPSA) is 20.2 Å². The van der Waals surface area contributed by atoms with Gasteiger partial charge in [0.25, 0.3) is 0 Å². The van der Waals surface area contributed by atoms with E-state index in [2.05, 4.69) is 0 Å². The van der Waals surface area contributed by atoms with Gasteiger partial charge in [-0.2, -0.15) is 0 Å². The number of hydrogen-bond donors (Lipinski definition) is 1. The monoisotopic (exact) mass is 238 g/mol. The first kappa shape index (κ1) is 10.3. The highest BCUT2D eigenvalue weighted by Crippen LogP contribution is 2.37. The number of hydrogen-bond acceptors (Lipinski definition) is 1. The van der Waals surface area contributed by atoms with E-state index in [1.807, 2.05) is 30.3 Å². The fourth-order valence-corrected chi connectivity index (χ4v) is 2.04. The summed E-state index contributed by atoms with van der Waals surface area (Å²) in [4.78, 5) is 0. The summed E-state index contributed by atoms with van der Waals surface area (Å²) in [5.74, 6) is 0.0960. The molecule has 2 aromatic rings. The van der Waals surface area contributed by atoms with Crippen LogP contribution >= 0.6 is 23.2 Å². The smallest absolute Gasteiger partial charge is 0.126 e. The third kappa shape index (κ3) is 2.09. The van der Waals surface area contributed by atoms with Crippen molar-refractivity contribution >= 4 is 23.2 Å². The molecule has 0 saturated heterocycles. The molecule has 0 aliphatic heterocycles. The summed E-state index contributed by atoms with van der Waals surface area (Å²) in [6, 6.07) is 12.5. The van der Waals surface area contributed by atoms with Gasteiger partial charge in [-0.3, -0.25) is 0 Å². The first-order valence-electron chi connectivity index (χ1n) is 4.42. The third-order valence-corrected chi connectivity index (χ3v) is 2.61. The molecule has 0 aliphatic rings. The largest absolute Gasteiger partial charge is 0.507 e. The number of aromatic hydroxyl groups is 1. The van der Waals surface area contributed by atoms with E-state index in [-0.39, 0.29) is 5.75 Å². The second-order valence-corrected chi connectivity index (χ2v) is 3.99. The van der Waals surface area contributed by atoms with Crippen LogP contribution in [0.4, 0.5) is 0 Å². The summed E-state index contributed by atoms with van der Waals surface area (Å²) >= 11 is 11.8. The van der Waals surface area contributed by atoms with Crippen LogP contribution < -0.4 is 0 Å². The van der Waals surface area contributed by atoms with E-state index in [0.29, 0.717) is 15.6 Å². The average molecular weight is 239 g/mol. The number of halogens is 2. The molecule has 0 saturated carbocycles. The van der Waals surface area contributed by atoms with Crippen molar-refractivity contribution in [1.82, 2.24) is 0 Å². The molecule has 0 unspecified atom stereocenters. The second-order valence-electron chi connectivity index (χ2n) is 3.15. The van der Waals surface area contributed by atoms with Gasteiger partial charge in [-0.25, -0.2) is 0 Å². The lowest BCUT2D eigenvalue weighted by Crippen LogP contribution is -1.81. The van der Waals surface area contributed by atoms with Crippen LogP contribution in [-0.2, 0) is 0 Å². The maximum absolute atomic E-state index is 9.76. The Morgan fingerprint density at radius 1 is 0.933 bits per heavy atom. The van der Waals surface area contributed by atoms with Crippen molar-refractivity contribution in [2.45, 2.75) is 0 Å². The quantitative estimate of drug-likeness (QED) is 0.783. The lowest BCUT2D eigenvalue weighted by atomic mass is 10.0. The second kappa shape index (κ2) is 4.13. The molecule has 0 fully saturated rings. The summed E-state index contributed by atoms with van der Waals surface area (Å²) in [6.45, 7) is 0. The van der Waals surface area contributed by atoms with Gasteiger partial charge in [-0.15, -0.1) is 0 Å². The highest BCUT2D eigenvalue weighted by molar-refractivity contribution is 6.36. The summed E-state index contributed by atoms with van der Waals surface area (Å²) in [6.07, 6.45) is 0. The van der Waals surface area contributed by atoms with Crippen molar-refractivity contribution in [3.8, 4) is 16.9 Å². The van der Waals surface area contributed by atoms with E-state index in [0.717, 1.165) is 5.56 Å². The summed E-state index contributed by atoms with van der Waals surface area (Å²) < 4.78 is 0. The molecule has 0 heterocycles. The van der Waals surface area contributed by atoms with Crippen molar-refractivity contribution in [2.24, 2.45) is 0 Å². The molecule has 2 aromatic carbocycles. The van der Waals surface area contributed by atoms with E-state index >= 15 is 0 Å². The first-order valence-corrected chi connectivity index (χ1v) is 5.17. The van der Waals surface area contributed by atoms with Crippen molar-refractivity contribution < 1.29 is 5.11 Å². The van der Waals surface area contributed by atoms with Crippen LogP contribution in [0, 0.1) is 0 Å². The van der Waals surface area contributed by atoms with E-state index < -0.39 is 0 Å². The Morgan fingerprint density at radius 3 is 2.20 bits per heavy atom. The number of phenolic OH excluding ortho intramolecular Hbond substituents is 1. The number of benzene rings is 2. The van der Waals surface area contributed by atoms with Gasteiger partial charge < -0.3 is 5.11 Å². The minimum Gasteiger partial charge on any atom is -0.507 e. The van der Waals surface area contributed by atoms with Crippen LogP contribution in [0.5, 0.6) is 5.75 Å². The Hall–Kier alpha value is -1.18. The third-order valence-electron chi connectivity index (χ3n) is 2.10. The van der Waals surface area contributed by atoms with Gasteiger partial charge in [0.2, 0.25) is 0 Å². The molecule has 2 rings (SSSR count). The Labute approximate surface area is 97.9 Å². The molecule has 0 atom stereocenters. The summed E-state index contributed by atoms with van der Waals surface area (Å²) in [5.41, 5.74) is 1.48. The van der Waals surface area contributed by atoms with Crippen molar-refractivity contribution in [1.29, 1.82) is 0 Å². The molecule has 15 heavy (non-hydrogen) atoms. The molecule has 76 valence electrons. The van der Waals surface area contributed by atoms with Crippen LogP contribution in [0.2, 0.25) is 10.0 Å². The summed E-state index contributed by atoms with van der Waals surface area (Å²) in [7, 11) is 0. The molecule has 0 amide bonds. The zero-order valence-electron chi connectivity index (χ0n) is 7.74. The lowest BCUT2D eigenvalue weighted by Gasteiger charge is -2.07. The SMILES string of the molecule is Oc1cc(Cl)cc(Cl)c1-c1ccccc1. The van der Waals surface area contributed by atoms with E-state index in [1.54, 1.807) is 6.07 Å².